The molecule has 0 amide bonds. The van der Waals surface area contributed by atoms with Crippen LogP contribution in [0.25, 0.3) is 0 Å². The Morgan fingerprint density at radius 3 is 2.89 bits per heavy atom. The number of thioether (sulfide) groups is 1. The minimum Gasteiger partial charge on any atom is -0.382 e. The molecule has 0 bridgehead atoms. The smallest absolute Gasteiger partial charge is 0.147 e. The summed E-state index contributed by atoms with van der Waals surface area (Å²) in [6, 6.07) is 1.79. The van der Waals surface area contributed by atoms with E-state index in [0.717, 1.165) is 4.90 Å². The Labute approximate surface area is 57.7 Å². The lowest BCUT2D eigenvalue weighted by Gasteiger charge is -1.92. The van der Waals surface area contributed by atoms with Crippen molar-refractivity contribution in [1.29, 1.82) is 0 Å². The Morgan fingerprint density at radius 1 is 1.67 bits per heavy atom. The van der Waals surface area contributed by atoms with Crippen molar-refractivity contribution in [2.75, 3.05) is 12.0 Å². The van der Waals surface area contributed by atoms with Gasteiger partial charge in [-0.1, -0.05) is 0 Å². The molecule has 0 spiro atoms. The predicted octanol–water partition coefficient (Wildman–Crippen LogP) is 0.781. The standard InChI is InChI=1S/C5H7N3S/c1-9-4-2-5(6)8-7-3-4/h2-3H,1H3,(H2,6,8). The van der Waals surface area contributed by atoms with Crippen LogP contribution in [-0.4, -0.2) is 16.5 Å². The third kappa shape index (κ3) is 1.57. The second kappa shape index (κ2) is 2.68. The highest BCUT2D eigenvalue weighted by atomic mass is 32.2. The summed E-state index contributed by atoms with van der Waals surface area (Å²) in [6.45, 7) is 0. The molecule has 4 heteroatoms. The summed E-state index contributed by atoms with van der Waals surface area (Å²) in [5.74, 6) is 0.474. The van der Waals surface area contributed by atoms with Gasteiger partial charge in [0.05, 0.1) is 6.20 Å². The number of nitrogens with two attached hydrogens (primary N) is 1. The van der Waals surface area contributed by atoms with Crippen LogP contribution in [0.5, 0.6) is 0 Å². The van der Waals surface area contributed by atoms with E-state index in [9.17, 15) is 0 Å². The van der Waals surface area contributed by atoms with Gasteiger partial charge in [-0.15, -0.1) is 16.9 Å². The topological polar surface area (TPSA) is 51.8 Å². The Hall–Kier alpha value is -0.770. The van der Waals surface area contributed by atoms with E-state index in [2.05, 4.69) is 10.2 Å². The van der Waals surface area contributed by atoms with Crippen molar-refractivity contribution in [1.82, 2.24) is 10.2 Å². The van der Waals surface area contributed by atoms with Gasteiger partial charge >= 0.3 is 0 Å². The van der Waals surface area contributed by atoms with Gasteiger partial charge in [0.25, 0.3) is 0 Å². The Balaban J connectivity index is 2.94. The van der Waals surface area contributed by atoms with Gasteiger partial charge in [0.2, 0.25) is 0 Å². The first-order chi connectivity index (χ1) is 4.33. The Kier molecular flexibility index (Phi) is 1.89. The minimum atomic E-state index is 0.474. The largest absolute Gasteiger partial charge is 0.382 e. The van der Waals surface area contributed by atoms with Crippen LogP contribution in [0.4, 0.5) is 5.82 Å². The first-order valence-electron chi connectivity index (χ1n) is 2.45. The van der Waals surface area contributed by atoms with Crippen LogP contribution in [0.1, 0.15) is 0 Å². The van der Waals surface area contributed by atoms with Crippen LogP contribution in [-0.2, 0) is 0 Å². The van der Waals surface area contributed by atoms with Crippen molar-refractivity contribution < 1.29 is 0 Å². The maximum atomic E-state index is 5.35. The van der Waals surface area contributed by atoms with Crippen molar-refractivity contribution in [3.05, 3.63) is 12.3 Å². The minimum absolute atomic E-state index is 0.474. The molecule has 1 rings (SSSR count). The molecule has 1 aromatic rings. The zero-order valence-electron chi connectivity index (χ0n) is 5.03. The maximum absolute atomic E-state index is 5.35. The molecule has 0 saturated heterocycles. The Morgan fingerprint density at radius 2 is 2.44 bits per heavy atom. The molecule has 0 fully saturated rings. The van der Waals surface area contributed by atoms with Crippen LogP contribution in [0.3, 0.4) is 0 Å². The molecule has 2 N–H and O–H groups in total. The molecular formula is C5H7N3S. The number of hydrogen-bond donors (Lipinski definition) is 1. The molecule has 9 heavy (non-hydrogen) atoms. The molecule has 0 saturated carbocycles. The molecule has 48 valence electrons. The summed E-state index contributed by atoms with van der Waals surface area (Å²) in [6.07, 6.45) is 3.65. The summed E-state index contributed by atoms with van der Waals surface area (Å²) >= 11 is 1.60. The molecular weight excluding hydrogens is 134 g/mol. The fourth-order valence-electron chi connectivity index (χ4n) is 0.476. The van der Waals surface area contributed by atoms with Crippen LogP contribution < -0.4 is 5.73 Å². The van der Waals surface area contributed by atoms with Gasteiger partial charge in [0.15, 0.2) is 0 Å². The maximum Gasteiger partial charge on any atom is 0.147 e. The van der Waals surface area contributed by atoms with Crippen LogP contribution in [0.2, 0.25) is 0 Å². The lowest BCUT2D eigenvalue weighted by Crippen LogP contribution is -1.91. The summed E-state index contributed by atoms with van der Waals surface area (Å²) < 4.78 is 0. The fourth-order valence-corrected chi connectivity index (χ4v) is 0.867. The van der Waals surface area contributed by atoms with Crippen molar-refractivity contribution >= 4 is 17.6 Å². The van der Waals surface area contributed by atoms with E-state index in [0.29, 0.717) is 5.82 Å². The van der Waals surface area contributed by atoms with Gasteiger partial charge in [-0.2, -0.15) is 5.10 Å². The fraction of sp³-hybridized carbons (Fsp3) is 0.200. The first kappa shape index (κ1) is 6.35. The van der Waals surface area contributed by atoms with Gasteiger partial charge in [0, 0.05) is 4.90 Å². The van der Waals surface area contributed by atoms with Gasteiger partial charge < -0.3 is 5.73 Å². The van der Waals surface area contributed by atoms with Crippen molar-refractivity contribution in [3.8, 4) is 0 Å². The molecule has 0 aromatic carbocycles. The average Bonchev–Trinajstić information content (AvgIpc) is 1.88. The molecule has 1 heterocycles. The molecule has 0 atom stereocenters. The van der Waals surface area contributed by atoms with Gasteiger partial charge in [-0.25, -0.2) is 0 Å². The number of hydrogen-bond acceptors (Lipinski definition) is 4. The van der Waals surface area contributed by atoms with E-state index >= 15 is 0 Å². The lowest BCUT2D eigenvalue weighted by molar-refractivity contribution is 1.01. The van der Waals surface area contributed by atoms with E-state index in [-0.39, 0.29) is 0 Å². The molecule has 0 unspecified atom stereocenters. The second-order valence-corrected chi connectivity index (χ2v) is 2.40. The van der Waals surface area contributed by atoms with E-state index in [1.165, 1.54) is 0 Å². The summed E-state index contributed by atoms with van der Waals surface area (Å²) in [5.41, 5.74) is 5.35. The lowest BCUT2D eigenvalue weighted by atomic mass is 10.5. The number of nitrogens with zero attached hydrogens (tertiary/aromatic N) is 2. The number of rotatable bonds is 1. The summed E-state index contributed by atoms with van der Waals surface area (Å²) in [5, 5.41) is 7.26. The van der Waals surface area contributed by atoms with Gasteiger partial charge in [-0.3, -0.25) is 0 Å². The molecule has 1 aromatic heterocycles. The SMILES string of the molecule is CSc1cnnc(N)c1. The first-order valence-corrected chi connectivity index (χ1v) is 3.67. The van der Waals surface area contributed by atoms with E-state index in [1.807, 2.05) is 6.26 Å². The van der Waals surface area contributed by atoms with Gasteiger partial charge in [0.1, 0.15) is 5.82 Å². The van der Waals surface area contributed by atoms with Crippen LogP contribution in [0.15, 0.2) is 17.2 Å². The zero-order chi connectivity index (χ0) is 6.69. The van der Waals surface area contributed by atoms with Crippen LogP contribution in [0, 0.1) is 0 Å². The number of anilines is 1. The van der Waals surface area contributed by atoms with E-state index in [1.54, 1.807) is 24.0 Å². The molecule has 0 aliphatic carbocycles. The van der Waals surface area contributed by atoms with Crippen molar-refractivity contribution in [3.63, 3.8) is 0 Å². The molecule has 0 aliphatic heterocycles. The number of aromatic nitrogens is 2. The van der Waals surface area contributed by atoms with Crippen LogP contribution >= 0.6 is 11.8 Å². The molecule has 0 radical (unpaired) electrons. The monoisotopic (exact) mass is 141 g/mol. The van der Waals surface area contributed by atoms with Crippen molar-refractivity contribution in [2.24, 2.45) is 0 Å². The summed E-state index contributed by atoms with van der Waals surface area (Å²) in [7, 11) is 0. The highest BCUT2D eigenvalue weighted by Gasteiger charge is 1.89. The van der Waals surface area contributed by atoms with E-state index < -0.39 is 0 Å². The third-order valence-electron chi connectivity index (χ3n) is 0.884. The summed E-state index contributed by atoms with van der Waals surface area (Å²) in [4.78, 5) is 1.04. The van der Waals surface area contributed by atoms with Gasteiger partial charge in [-0.05, 0) is 12.3 Å². The van der Waals surface area contributed by atoms with Crippen molar-refractivity contribution in [2.45, 2.75) is 4.90 Å². The van der Waals surface area contributed by atoms with E-state index in [4.69, 9.17) is 5.73 Å². The highest BCUT2D eigenvalue weighted by Crippen LogP contribution is 2.12. The molecule has 0 aliphatic rings. The third-order valence-corrected chi connectivity index (χ3v) is 1.58. The Bertz CT molecular complexity index is 201. The number of nitrogen functional groups attached to an aromatic ring is 1. The predicted molar refractivity (Wildman–Crippen MR) is 38.2 cm³/mol. The average molecular weight is 141 g/mol. The quantitative estimate of drug-likeness (QED) is 0.587. The molecule has 3 nitrogen and oxygen atoms in total. The second-order valence-electron chi connectivity index (χ2n) is 1.52. The zero-order valence-corrected chi connectivity index (χ0v) is 5.85. The highest BCUT2D eigenvalue weighted by molar-refractivity contribution is 7.98. The normalized spacial score (nSPS) is 9.44.